The molecule has 0 saturated heterocycles. The summed E-state index contributed by atoms with van der Waals surface area (Å²) >= 11 is 0. The number of ether oxygens (including phenoxy) is 1. The van der Waals surface area contributed by atoms with E-state index in [9.17, 15) is 8.78 Å². The molecule has 0 atom stereocenters. The molecule has 0 unspecified atom stereocenters. The zero-order valence-corrected chi connectivity index (χ0v) is 15.2. The van der Waals surface area contributed by atoms with Crippen molar-refractivity contribution in [1.82, 2.24) is 19.3 Å². The molecule has 0 N–H and O–H groups in total. The lowest BCUT2D eigenvalue weighted by Crippen LogP contribution is -2.34. The summed E-state index contributed by atoms with van der Waals surface area (Å²) in [5, 5.41) is 4.50. The van der Waals surface area contributed by atoms with Crippen molar-refractivity contribution in [2.24, 2.45) is 7.05 Å². The number of benzene rings is 1. The smallest absolute Gasteiger partial charge is 0.249 e. The predicted octanol–water partition coefficient (Wildman–Crippen LogP) is 4.03. The van der Waals surface area contributed by atoms with Crippen molar-refractivity contribution in [2.75, 3.05) is 7.11 Å². The number of aryl methyl sites for hydroxylation is 3. The van der Waals surface area contributed by atoms with Crippen molar-refractivity contribution in [1.29, 1.82) is 0 Å². The van der Waals surface area contributed by atoms with Gasteiger partial charge in [-0.2, -0.15) is 5.10 Å². The molecule has 2 aromatic heterocycles. The standard InChI is InChI=1S/C20H20F2N4O/c1-25-5-4-16(24-25)15-8-14-12(7-17(15)27-2)3-6-26-11-23-18(19(14)26)13-9-20(21,22)10-13/h4-5,7-8,11,13H,3,6,9-10H2,1-2H3. The lowest BCUT2D eigenvalue weighted by Gasteiger charge is -2.35. The minimum atomic E-state index is -2.56. The normalized spacial score (nSPS) is 17.9. The van der Waals surface area contributed by atoms with Crippen molar-refractivity contribution in [3.05, 3.63) is 42.0 Å². The third-order valence-corrected chi connectivity index (χ3v) is 5.63. The Kier molecular flexibility index (Phi) is 3.44. The largest absolute Gasteiger partial charge is 0.496 e. The van der Waals surface area contributed by atoms with E-state index in [4.69, 9.17) is 4.74 Å². The van der Waals surface area contributed by atoms with E-state index in [1.165, 1.54) is 0 Å². The molecular formula is C20H20F2N4O. The third kappa shape index (κ3) is 2.56. The minimum absolute atomic E-state index is 0.115. The first-order valence-corrected chi connectivity index (χ1v) is 9.09. The first-order valence-electron chi connectivity index (χ1n) is 9.09. The van der Waals surface area contributed by atoms with E-state index in [1.807, 2.05) is 19.3 Å². The highest BCUT2D eigenvalue weighted by molar-refractivity contribution is 5.79. The lowest BCUT2D eigenvalue weighted by molar-refractivity contribution is -0.0874. The summed E-state index contributed by atoms with van der Waals surface area (Å²) in [6.45, 7) is 0.796. The zero-order chi connectivity index (χ0) is 18.8. The molecule has 27 heavy (non-hydrogen) atoms. The van der Waals surface area contributed by atoms with E-state index in [1.54, 1.807) is 18.1 Å². The molecule has 140 valence electrons. The van der Waals surface area contributed by atoms with Gasteiger partial charge in [0.05, 0.1) is 30.5 Å². The maximum atomic E-state index is 13.4. The minimum Gasteiger partial charge on any atom is -0.496 e. The molecule has 1 aliphatic carbocycles. The Bertz CT molecular complexity index is 1030. The number of hydrogen-bond acceptors (Lipinski definition) is 3. The van der Waals surface area contributed by atoms with Gasteiger partial charge in [-0.1, -0.05) is 0 Å². The van der Waals surface area contributed by atoms with Crippen LogP contribution in [-0.2, 0) is 20.0 Å². The molecule has 1 aromatic carbocycles. The van der Waals surface area contributed by atoms with Crippen LogP contribution in [0.5, 0.6) is 5.75 Å². The Morgan fingerprint density at radius 1 is 1.22 bits per heavy atom. The van der Waals surface area contributed by atoms with E-state index in [2.05, 4.69) is 26.8 Å². The summed E-state index contributed by atoms with van der Waals surface area (Å²) < 4.78 is 36.3. The average molecular weight is 370 g/mol. The van der Waals surface area contributed by atoms with Gasteiger partial charge in [-0.25, -0.2) is 13.8 Å². The van der Waals surface area contributed by atoms with Gasteiger partial charge in [0.1, 0.15) is 5.75 Å². The fourth-order valence-electron chi connectivity index (χ4n) is 4.23. The number of fused-ring (bicyclic) bond motifs is 3. The van der Waals surface area contributed by atoms with E-state index < -0.39 is 5.92 Å². The number of hydrogen-bond donors (Lipinski definition) is 0. The van der Waals surface area contributed by atoms with Gasteiger partial charge in [-0.3, -0.25) is 4.68 Å². The quantitative estimate of drug-likeness (QED) is 0.699. The fourth-order valence-corrected chi connectivity index (χ4v) is 4.23. The highest BCUT2D eigenvalue weighted by Crippen LogP contribution is 2.51. The van der Waals surface area contributed by atoms with Gasteiger partial charge in [0.2, 0.25) is 5.92 Å². The molecule has 1 aliphatic heterocycles. The van der Waals surface area contributed by atoms with Crippen molar-refractivity contribution < 1.29 is 13.5 Å². The van der Waals surface area contributed by atoms with Crippen LogP contribution in [0.4, 0.5) is 8.78 Å². The van der Waals surface area contributed by atoms with Crippen LogP contribution < -0.4 is 4.74 Å². The molecule has 0 amide bonds. The van der Waals surface area contributed by atoms with Crippen LogP contribution in [0.3, 0.4) is 0 Å². The Hall–Kier alpha value is -2.70. The van der Waals surface area contributed by atoms with Crippen molar-refractivity contribution in [2.45, 2.75) is 37.6 Å². The predicted molar refractivity (Wildman–Crippen MR) is 97.0 cm³/mol. The second kappa shape index (κ2) is 5.65. The number of aromatic nitrogens is 4. The number of halogens is 2. The van der Waals surface area contributed by atoms with Crippen molar-refractivity contribution >= 4 is 0 Å². The molecule has 2 aliphatic rings. The van der Waals surface area contributed by atoms with E-state index in [0.717, 1.165) is 52.5 Å². The molecule has 0 radical (unpaired) electrons. The third-order valence-electron chi connectivity index (χ3n) is 5.63. The van der Waals surface area contributed by atoms with Gasteiger partial charge >= 0.3 is 0 Å². The first kappa shape index (κ1) is 16.5. The van der Waals surface area contributed by atoms with Crippen LogP contribution in [0.2, 0.25) is 0 Å². The fraction of sp³-hybridized carbons (Fsp3) is 0.400. The van der Waals surface area contributed by atoms with E-state index in [-0.39, 0.29) is 18.8 Å². The second-order valence-corrected chi connectivity index (χ2v) is 7.47. The van der Waals surface area contributed by atoms with Crippen LogP contribution in [0, 0.1) is 0 Å². The summed E-state index contributed by atoms with van der Waals surface area (Å²) in [5.74, 6) is -1.96. The van der Waals surface area contributed by atoms with Crippen LogP contribution in [0.15, 0.2) is 30.7 Å². The second-order valence-electron chi connectivity index (χ2n) is 7.47. The molecule has 3 aromatic rings. The summed E-state index contributed by atoms with van der Waals surface area (Å²) in [5.41, 5.74) is 5.69. The molecule has 7 heteroatoms. The van der Waals surface area contributed by atoms with Crippen LogP contribution in [0.25, 0.3) is 22.5 Å². The SMILES string of the molecule is COc1cc2c(cc1-c1ccn(C)n1)-c1c(C3CC(F)(F)C3)ncn1CC2. The summed E-state index contributed by atoms with van der Waals surface area (Å²) in [7, 11) is 3.53. The topological polar surface area (TPSA) is 44.9 Å². The summed E-state index contributed by atoms with van der Waals surface area (Å²) in [6.07, 6.45) is 4.30. The number of methoxy groups -OCH3 is 1. The highest BCUT2D eigenvalue weighted by atomic mass is 19.3. The Labute approximate surface area is 155 Å². The van der Waals surface area contributed by atoms with Gasteiger partial charge in [0, 0.05) is 49.7 Å². The molecule has 3 heterocycles. The maximum absolute atomic E-state index is 13.4. The Balaban J connectivity index is 1.65. The van der Waals surface area contributed by atoms with Gasteiger partial charge in [0.25, 0.3) is 0 Å². The summed E-state index contributed by atoms with van der Waals surface area (Å²) in [6, 6.07) is 6.07. The van der Waals surface area contributed by atoms with Crippen LogP contribution in [-0.4, -0.2) is 32.4 Å². The molecule has 0 spiro atoms. The molecular weight excluding hydrogens is 350 g/mol. The summed E-state index contributed by atoms with van der Waals surface area (Å²) in [4.78, 5) is 4.51. The van der Waals surface area contributed by atoms with Gasteiger partial charge in [-0.15, -0.1) is 0 Å². The van der Waals surface area contributed by atoms with Gasteiger partial charge in [-0.05, 0) is 30.2 Å². The number of alkyl halides is 2. The first-order chi connectivity index (χ1) is 12.9. The van der Waals surface area contributed by atoms with Gasteiger partial charge in [0.15, 0.2) is 0 Å². The highest BCUT2D eigenvalue weighted by Gasteiger charge is 2.48. The molecule has 1 saturated carbocycles. The van der Waals surface area contributed by atoms with Crippen LogP contribution in [0.1, 0.15) is 30.0 Å². The molecule has 1 fully saturated rings. The number of imidazole rings is 1. The Morgan fingerprint density at radius 2 is 2.04 bits per heavy atom. The van der Waals surface area contributed by atoms with Crippen LogP contribution >= 0.6 is 0 Å². The maximum Gasteiger partial charge on any atom is 0.249 e. The van der Waals surface area contributed by atoms with E-state index in [0.29, 0.717) is 0 Å². The average Bonchev–Trinajstić information content (AvgIpc) is 3.24. The molecule has 5 rings (SSSR count). The monoisotopic (exact) mass is 370 g/mol. The number of nitrogens with zero attached hydrogens (tertiary/aromatic N) is 4. The lowest BCUT2D eigenvalue weighted by atomic mass is 9.77. The van der Waals surface area contributed by atoms with Crippen molar-refractivity contribution in [3.8, 4) is 28.3 Å². The number of rotatable bonds is 3. The van der Waals surface area contributed by atoms with Crippen molar-refractivity contribution in [3.63, 3.8) is 0 Å². The van der Waals surface area contributed by atoms with Gasteiger partial charge < -0.3 is 9.30 Å². The molecule has 0 bridgehead atoms. The molecule has 5 nitrogen and oxygen atoms in total. The Morgan fingerprint density at radius 3 is 2.70 bits per heavy atom. The zero-order valence-electron chi connectivity index (χ0n) is 15.2. The van der Waals surface area contributed by atoms with E-state index >= 15 is 0 Å².